The van der Waals surface area contributed by atoms with Crippen LogP contribution in [0.25, 0.3) is 10.8 Å². The predicted molar refractivity (Wildman–Crippen MR) is 91.0 cm³/mol. The molecule has 4 rings (SSSR count). The molecule has 2 heterocycles. The molecule has 0 bridgehead atoms. The van der Waals surface area contributed by atoms with Gasteiger partial charge >= 0.3 is 0 Å². The highest BCUT2D eigenvalue weighted by Gasteiger charge is 2.33. The van der Waals surface area contributed by atoms with Gasteiger partial charge in [-0.05, 0) is 18.2 Å². The number of imide groups is 1. The predicted octanol–water partition coefficient (Wildman–Crippen LogP) is 1.35. The van der Waals surface area contributed by atoms with Crippen molar-refractivity contribution >= 4 is 28.3 Å². The van der Waals surface area contributed by atoms with Crippen LogP contribution in [0.2, 0.25) is 0 Å². The van der Waals surface area contributed by atoms with Gasteiger partial charge < -0.3 is 10.5 Å². The van der Waals surface area contributed by atoms with Crippen molar-refractivity contribution in [2.24, 2.45) is 0 Å². The Bertz CT molecular complexity index is 805. The Kier molecular flexibility index (Phi) is 3.70. The lowest BCUT2D eigenvalue weighted by Gasteiger charge is -2.31. The molecule has 6 heteroatoms. The average Bonchev–Trinajstić information content (AvgIpc) is 2.61. The van der Waals surface area contributed by atoms with E-state index in [0.717, 1.165) is 18.5 Å². The smallest absolute Gasteiger partial charge is 0.261 e. The second kappa shape index (κ2) is 5.89. The average molecular weight is 325 g/mol. The molecule has 2 aliphatic rings. The summed E-state index contributed by atoms with van der Waals surface area (Å²) in [6.07, 6.45) is 0. The fourth-order valence-corrected chi connectivity index (χ4v) is 3.44. The molecule has 0 aliphatic carbocycles. The van der Waals surface area contributed by atoms with Gasteiger partial charge in [0.2, 0.25) is 0 Å². The van der Waals surface area contributed by atoms with Crippen LogP contribution in [0.15, 0.2) is 30.3 Å². The molecule has 124 valence electrons. The zero-order chi connectivity index (χ0) is 16.7. The summed E-state index contributed by atoms with van der Waals surface area (Å²) in [7, 11) is 0. The second-order valence-electron chi connectivity index (χ2n) is 6.15. The molecule has 0 radical (unpaired) electrons. The van der Waals surface area contributed by atoms with Gasteiger partial charge in [-0.1, -0.05) is 12.1 Å². The van der Waals surface area contributed by atoms with Crippen LogP contribution in [0.3, 0.4) is 0 Å². The molecule has 6 nitrogen and oxygen atoms in total. The highest BCUT2D eigenvalue weighted by molar-refractivity contribution is 6.26. The fraction of sp³-hybridized carbons (Fsp3) is 0.333. The van der Waals surface area contributed by atoms with E-state index in [0.29, 0.717) is 48.5 Å². The third-order valence-corrected chi connectivity index (χ3v) is 4.77. The normalized spacial score (nSPS) is 18.4. The molecule has 24 heavy (non-hydrogen) atoms. The van der Waals surface area contributed by atoms with Crippen LogP contribution in [0.1, 0.15) is 20.7 Å². The number of rotatable bonds is 3. The number of hydrogen-bond donors (Lipinski definition) is 1. The number of anilines is 1. The number of carbonyl (C=O) groups excluding carboxylic acids is 2. The Morgan fingerprint density at radius 1 is 0.958 bits per heavy atom. The van der Waals surface area contributed by atoms with E-state index < -0.39 is 0 Å². The van der Waals surface area contributed by atoms with Crippen molar-refractivity contribution in [3.8, 4) is 0 Å². The Balaban J connectivity index is 1.66. The van der Waals surface area contributed by atoms with E-state index in [-0.39, 0.29) is 11.8 Å². The van der Waals surface area contributed by atoms with Gasteiger partial charge in [0.25, 0.3) is 11.8 Å². The molecule has 0 aromatic heterocycles. The minimum absolute atomic E-state index is 0.239. The van der Waals surface area contributed by atoms with Crippen molar-refractivity contribution in [3.05, 3.63) is 41.5 Å². The molecule has 2 aromatic carbocycles. The van der Waals surface area contributed by atoms with Crippen molar-refractivity contribution in [2.45, 2.75) is 0 Å². The molecule has 0 atom stereocenters. The number of ether oxygens (including phenoxy) is 1. The quantitative estimate of drug-likeness (QED) is 0.681. The third kappa shape index (κ3) is 2.35. The van der Waals surface area contributed by atoms with E-state index in [2.05, 4.69) is 4.90 Å². The molecule has 0 unspecified atom stereocenters. The maximum Gasteiger partial charge on any atom is 0.261 e. The van der Waals surface area contributed by atoms with Crippen LogP contribution in [0, 0.1) is 0 Å². The number of benzene rings is 2. The summed E-state index contributed by atoms with van der Waals surface area (Å²) in [6.45, 7) is 4.11. The first-order chi connectivity index (χ1) is 11.7. The van der Waals surface area contributed by atoms with Gasteiger partial charge in [-0.25, -0.2) is 0 Å². The van der Waals surface area contributed by atoms with Gasteiger partial charge in [0.1, 0.15) is 0 Å². The van der Waals surface area contributed by atoms with Crippen LogP contribution >= 0.6 is 0 Å². The standard InChI is InChI=1S/C18H19N3O3/c19-15-5-4-14-16-12(15)2-1-3-13(16)17(22)21(18(14)23)7-6-20-8-10-24-11-9-20/h1-5H,6-11,19H2. The van der Waals surface area contributed by atoms with Crippen LogP contribution in [0.5, 0.6) is 0 Å². The van der Waals surface area contributed by atoms with Gasteiger partial charge in [0.05, 0.1) is 13.2 Å². The number of nitrogens with two attached hydrogens (primary N) is 1. The summed E-state index contributed by atoms with van der Waals surface area (Å²) < 4.78 is 5.33. The van der Waals surface area contributed by atoms with Crippen molar-refractivity contribution in [1.82, 2.24) is 9.80 Å². The van der Waals surface area contributed by atoms with E-state index >= 15 is 0 Å². The van der Waals surface area contributed by atoms with E-state index in [1.54, 1.807) is 18.2 Å². The monoisotopic (exact) mass is 325 g/mol. The number of nitrogens with zero attached hydrogens (tertiary/aromatic N) is 2. The Hall–Kier alpha value is -2.44. The lowest BCUT2D eigenvalue weighted by atomic mass is 9.93. The Labute approximate surface area is 139 Å². The van der Waals surface area contributed by atoms with Crippen molar-refractivity contribution in [1.29, 1.82) is 0 Å². The zero-order valence-corrected chi connectivity index (χ0v) is 13.3. The second-order valence-corrected chi connectivity index (χ2v) is 6.15. The summed E-state index contributed by atoms with van der Waals surface area (Å²) >= 11 is 0. The molecule has 2 aliphatic heterocycles. The molecule has 1 fully saturated rings. The Morgan fingerprint density at radius 2 is 1.67 bits per heavy atom. The molecular formula is C18H19N3O3. The van der Waals surface area contributed by atoms with Crippen molar-refractivity contribution < 1.29 is 14.3 Å². The Morgan fingerprint density at radius 3 is 2.42 bits per heavy atom. The highest BCUT2D eigenvalue weighted by atomic mass is 16.5. The maximum absolute atomic E-state index is 12.8. The van der Waals surface area contributed by atoms with Crippen LogP contribution in [-0.2, 0) is 4.74 Å². The SMILES string of the molecule is Nc1ccc2c3c(cccc13)C(=O)N(CCN1CCOCC1)C2=O. The molecule has 2 amide bonds. The van der Waals surface area contributed by atoms with E-state index in [1.165, 1.54) is 4.90 Å². The van der Waals surface area contributed by atoms with Gasteiger partial charge in [-0.2, -0.15) is 0 Å². The van der Waals surface area contributed by atoms with Gasteiger partial charge in [-0.3, -0.25) is 19.4 Å². The number of nitrogen functional groups attached to an aromatic ring is 1. The summed E-state index contributed by atoms with van der Waals surface area (Å²) in [5, 5.41) is 1.44. The first-order valence-electron chi connectivity index (χ1n) is 8.14. The van der Waals surface area contributed by atoms with Crippen molar-refractivity contribution in [2.75, 3.05) is 45.1 Å². The minimum atomic E-state index is -0.239. The first-order valence-corrected chi connectivity index (χ1v) is 8.14. The molecular weight excluding hydrogens is 306 g/mol. The lowest BCUT2D eigenvalue weighted by molar-refractivity contribution is 0.0316. The van der Waals surface area contributed by atoms with Gasteiger partial charge in [0, 0.05) is 53.8 Å². The molecule has 2 N–H and O–H groups in total. The summed E-state index contributed by atoms with van der Waals surface area (Å²) in [4.78, 5) is 29.2. The molecule has 0 saturated carbocycles. The molecule has 1 saturated heterocycles. The highest BCUT2D eigenvalue weighted by Crippen LogP contribution is 2.33. The number of carbonyl (C=O) groups is 2. The maximum atomic E-state index is 12.8. The number of amides is 2. The van der Waals surface area contributed by atoms with E-state index in [1.807, 2.05) is 12.1 Å². The molecule has 2 aromatic rings. The molecule has 0 spiro atoms. The lowest BCUT2D eigenvalue weighted by Crippen LogP contribution is -2.46. The third-order valence-electron chi connectivity index (χ3n) is 4.77. The van der Waals surface area contributed by atoms with Crippen LogP contribution < -0.4 is 5.73 Å². The number of morpholine rings is 1. The zero-order valence-electron chi connectivity index (χ0n) is 13.3. The van der Waals surface area contributed by atoms with Gasteiger partial charge in [0.15, 0.2) is 0 Å². The van der Waals surface area contributed by atoms with E-state index in [9.17, 15) is 9.59 Å². The summed E-state index contributed by atoms with van der Waals surface area (Å²) in [6, 6.07) is 8.88. The minimum Gasteiger partial charge on any atom is -0.398 e. The fourth-order valence-electron chi connectivity index (χ4n) is 3.44. The summed E-state index contributed by atoms with van der Waals surface area (Å²) in [5.41, 5.74) is 7.69. The van der Waals surface area contributed by atoms with E-state index in [4.69, 9.17) is 10.5 Å². The topological polar surface area (TPSA) is 75.9 Å². The van der Waals surface area contributed by atoms with Gasteiger partial charge in [-0.15, -0.1) is 0 Å². The first kappa shape index (κ1) is 15.1. The summed E-state index contributed by atoms with van der Waals surface area (Å²) in [5.74, 6) is -0.478. The largest absolute Gasteiger partial charge is 0.398 e. The van der Waals surface area contributed by atoms with Crippen LogP contribution in [0.4, 0.5) is 5.69 Å². The number of hydrogen-bond acceptors (Lipinski definition) is 5. The van der Waals surface area contributed by atoms with Crippen LogP contribution in [-0.4, -0.2) is 61.0 Å². The van der Waals surface area contributed by atoms with Crippen molar-refractivity contribution in [3.63, 3.8) is 0 Å².